The summed E-state index contributed by atoms with van der Waals surface area (Å²) in [4.78, 5) is 14.0. The van der Waals surface area contributed by atoms with Gasteiger partial charge in [-0.3, -0.25) is 4.65 Å². The molecule has 3 rings (SSSR count). The van der Waals surface area contributed by atoms with Gasteiger partial charge in [-0.1, -0.05) is 52.0 Å². The summed E-state index contributed by atoms with van der Waals surface area (Å²) in [6.45, 7) is -0.251. The Labute approximate surface area is 181 Å². The first-order valence-electron chi connectivity index (χ1n) is 7.87. The molecule has 0 radical (unpaired) electrons. The van der Waals surface area contributed by atoms with Gasteiger partial charge in [-0.2, -0.15) is 13.2 Å². The number of nitrogens with zero attached hydrogens (tertiary/aromatic N) is 4. The zero-order valence-electron chi connectivity index (χ0n) is 14.5. The summed E-state index contributed by atoms with van der Waals surface area (Å²) in [5.41, 5.74) is 0.402. The molecule has 14 heteroatoms. The molecule has 2 aromatic rings. The van der Waals surface area contributed by atoms with E-state index in [9.17, 15) is 23.2 Å². The number of hydrogen-bond donors (Lipinski definition) is 0. The maximum absolute atomic E-state index is 13.2. The summed E-state index contributed by atoms with van der Waals surface area (Å²) in [5.74, 6) is -0.847. The monoisotopic (exact) mass is 490 g/mol. The lowest BCUT2D eigenvalue weighted by atomic mass is 10.1. The molecule has 0 aliphatic carbocycles. The number of likely N-dealkylation sites (N-methyl/N-ethyl adjacent to an activating group) is 1. The van der Waals surface area contributed by atoms with E-state index in [1.807, 2.05) is 0 Å². The van der Waals surface area contributed by atoms with Crippen LogP contribution in [0.1, 0.15) is 20.9 Å². The van der Waals surface area contributed by atoms with Crippen molar-refractivity contribution in [3.05, 3.63) is 45.6 Å². The molecule has 1 aromatic heterocycles. The number of hydroxylamine groups is 2. The average molecular weight is 492 g/mol. The van der Waals surface area contributed by atoms with Gasteiger partial charge in [0.2, 0.25) is 8.80 Å². The Bertz CT molecular complexity index is 907. The highest BCUT2D eigenvalue weighted by atomic mass is 35.6. The number of aromatic nitrogens is 2. The minimum atomic E-state index is -4.73. The molecule has 2 unspecified atom stereocenters. The van der Waals surface area contributed by atoms with Crippen LogP contribution in [-0.4, -0.2) is 47.6 Å². The summed E-state index contributed by atoms with van der Waals surface area (Å²) in [6.07, 6.45) is -6.05. The molecular formula is C15H12Cl3F3N4O3S. The standard InChI is InChI=1S/C15H12Cl3F3N4O3S/c1-24-6-10(25(27,7-24)13-23-22-12(29-13)15(19,20)21)28-11(26)8-2-4-9(5-3-8)14(16,17)18/h2-5,10H,6-7H2,1H3. The first-order chi connectivity index (χ1) is 13.3. The van der Waals surface area contributed by atoms with Gasteiger partial charge >= 0.3 is 17.3 Å². The fraction of sp³-hybridized carbons (Fsp3) is 0.400. The number of rotatable bonds is 3. The Hall–Kier alpha value is -1.21. The largest absolute Gasteiger partial charge is 0.622 e. The van der Waals surface area contributed by atoms with Gasteiger partial charge in [0.15, 0.2) is 0 Å². The van der Waals surface area contributed by atoms with Crippen LogP contribution in [0.25, 0.3) is 0 Å². The van der Waals surface area contributed by atoms with E-state index >= 15 is 0 Å². The van der Waals surface area contributed by atoms with Gasteiger partial charge in [0, 0.05) is 5.56 Å². The van der Waals surface area contributed by atoms with Gasteiger partial charge in [0.05, 0.1) is 12.1 Å². The fourth-order valence-electron chi connectivity index (χ4n) is 2.68. The van der Waals surface area contributed by atoms with Crippen LogP contribution < -0.4 is 4.65 Å². The van der Waals surface area contributed by atoms with Gasteiger partial charge in [-0.05, 0) is 30.5 Å². The lowest BCUT2D eigenvalue weighted by molar-refractivity contribution is -0.138. The van der Waals surface area contributed by atoms with Crippen LogP contribution in [0.15, 0.2) is 24.3 Å². The lowest BCUT2D eigenvalue weighted by Crippen LogP contribution is -2.50. The molecule has 1 aromatic carbocycles. The van der Waals surface area contributed by atoms with Gasteiger partial charge in [-0.15, -0.1) is 5.10 Å². The molecule has 0 amide bonds. The first-order valence-corrected chi connectivity index (χ1v) is 9.82. The number of benzene rings is 1. The summed E-state index contributed by atoms with van der Waals surface area (Å²) < 4.78 is 40.7. The van der Waals surface area contributed by atoms with E-state index < -0.39 is 37.0 Å². The Balaban J connectivity index is 1.81. The van der Waals surface area contributed by atoms with Crippen molar-refractivity contribution in [1.29, 1.82) is 0 Å². The van der Waals surface area contributed by atoms with Crippen molar-refractivity contribution in [1.82, 2.24) is 19.7 Å². The maximum atomic E-state index is 13.2. The number of halogens is 6. The number of carbonyl (C=O) groups is 1. The Morgan fingerprint density at radius 3 is 2.41 bits per heavy atom. The Morgan fingerprint density at radius 1 is 1.28 bits per heavy atom. The number of esters is 1. The fourth-order valence-corrected chi connectivity index (χ4v) is 3.84. The van der Waals surface area contributed by atoms with E-state index in [4.69, 9.17) is 39.5 Å². The van der Waals surface area contributed by atoms with Crippen molar-refractivity contribution < 1.29 is 22.7 Å². The normalized spacial score (nSPS) is 23.4. The third kappa shape index (κ3) is 4.76. The second kappa shape index (κ2) is 7.80. The minimum Gasteiger partial charge on any atom is -0.622 e. The van der Waals surface area contributed by atoms with Crippen LogP contribution >= 0.6 is 46.1 Å². The number of alkyl halides is 6. The summed E-state index contributed by atoms with van der Waals surface area (Å²) >= 11 is 17.4. The van der Waals surface area contributed by atoms with Crippen LogP contribution in [0.3, 0.4) is 0 Å². The smallest absolute Gasteiger partial charge is 0.445 e. The van der Waals surface area contributed by atoms with E-state index in [2.05, 4.69) is 10.2 Å². The summed E-state index contributed by atoms with van der Waals surface area (Å²) in [5, 5.41) is 18.0. The van der Waals surface area contributed by atoms with Crippen LogP contribution in [0.2, 0.25) is 0 Å². The molecule has 7 nitrogen and oxygen atoms in total. The maximum Gasteiger partial charge on any atom is 0.445 e. The third-order valence-electron chi connectivity index (χ3n) is 4.06. The van der Waals surface area contributed by atoms with Gasteiger partial charge in [0.25, 0.3) is 6.23 Å². The molecule has 2 atom stereocenters. The highest BCUT2D eigenvalue weighted by Gasteiger charge is 2.47. The molecular weight excluding hydrogens is 480 g/mol. The third-order valence-corrected chi connectivity index (χ3v) is 5.79. The molecule has 1 saturated heterocycles. The zero-order valence-corrected chi connectivity index (χ0v) is 17.6. The molecule has 1 fully saturated rings. The summed E-state index contributed by atoms with van der Waals surface area (Å²) in [6, 6.07) is 5.52. The Morgan fingerprint density at radius 2 is 1.90 bits per heavy atom. The topological polar surface area (TPSA) is 78.4 Å². The van der Waals surface area contributed by atoms with E-state index in [-0.39, 0.29) is 30.1 Å². The van der Waals surface area contributed by atoms with Crippen molar-refractivity contribution in [2.75, 3.05) is 20.3 Å². The van der Waals surface area contributed by atoms with Gasteiger partial charge in [0.1, 0.15) is 6.67 Å². The SMILES string of the molecule is CN1CC(OC(=O)c2ccc(C(Cl)(Cl)Cl)cc2)[N+]([O-])(c2nnc(C(F)(F)F)s2)C1. The average Bonchev–Trinajstić information content (AvgIpc) is 3.20. The van der Waals surface area contributed by atoms with Crippen LogP contribution in [0, 0.1) is 5.21 Å². The van der Waals surface area contributed by atoms with E-state index in [0.29, 0.717) is 5.56 Å². The first kappa shape index (κ1) is 22.5. The van der Waals surface area contributed by atoms with Crippen molar-refractivity contribution in [2.24, 2.45) is 0 Å². The highest BCUT2D eigenvalue weighted by Crippen LogP contribution is 2.40. The Kier molecular flexibility index (Phi) is 6.05. The lowest BCUT2D eigenvalue weighted by Gasteiger charge is -2.38. The van der Waals surface area contributed by atoms with Crippen molar-refractivity contribution in [3.63, 3.8) is 0 Å². The van der Waals surface area contributed by atoms with E-state index in [0.717, 1.165) is 0 Å². The molecule has 29 heavy (non-hydrogen) atoms. The van der Waals surface area contributed by atoms with E-state index in [1.165, 1.54) is 29.2 Å². The van der Waals surface area contributed by atoms with Crippen LogP contribution in [0.5, 0.6) is 0 Å². The molecule has 0 spiro atoms. The second-order valence-corrected chi connectivity index (χ2v) is 9.54. The molecule has 1 aliphatic rings. The van der Waals surface area contributed by atoms with Crippen LogP contribution in [0.4, 0.5) is 18.3 Å². The second-order valence-electron chi connectivity index (χ2n) is 6.30. The highest BCUT2D eigenvalue weighted by molar-refractivity contribution is 7.15. The van der Waals surface area contributed by atoms with Crippen molar-refractivity contribution >= 4 is 57.2 Å². The summed E-state index contributed by atoms with van der Waals surface area (Å²) in [7, 11) is 1.57. The number of carbonyl (C=O) groups excluding carboxylic acids is 1. The molecule has 0 bridgehead atoms. The number of quaternary nitrogens is 1. The number of hydrogen-bond acceptors (Lipinski definition) is 7. The molecule has 158 valence electrons. The predicted octanol–water partition coefficient (Wildman–Crippen LogP) is 4.27. The van der Waals surface area contributed by atoms with Crippen molar-refractivity contribution in [2.45, 2.75) is 16.2 Å². The molecule has 0 saturated carbocycles. The zero-order chi connectivity index (χ0) is 21.6. The van der Waals surface area contributed by atoms with Gasteiger partial charge < -0.3 is 9.94 Å². The molecule has 0 N–H and O–H groups in total. The van der Waals surface area contributed by atoms with Crippen LogP contribution in [-0.2, 0) is 14.7 Å². The van der Waals surface area contributed by atoms with Gasteiger partial charge in [-0.25, -0.2) is 9.69 Å². The molecule has 1 aliphatic heterocycles. The molecule has 2 heterocycles. The van der Waals surface area contributed by atoms with E-state index in [1.54, 1.807) is 7.05 Å². The van der Waals surface area contributed by atoms with Crippen molar-refractivity contribution in [3.8, 4) is 0 Å². The number of ether oxygens (including phenoxy) is 1. The predicted molar refractivity (Wildman–Crippen MR) is 102 cm³/mol. The minimum absolute atomic E-state index is 0.00239. The quantitative estimate of drug-likeness (QED) is 0.276.